The summed E-state index contributed by atoms with van der Waals surface area (Å²) in [5, 5.41) is 21.5. The van der Waals surface area contributed by atoms with E-state index < -0.39 is 11.7 Å². The average molecular weight is 474 g/mol. The highest BCUT2D eigenvalue weighted by Gasteiger charge is 2.30. The first kappa shape index (κ1) is 24.8. The zero-order chi connectivity index (χ0) is 25.0. The maximum absolute atomic E-state index is 12.9. The number of hydrogen-bond acceptors (Lipinski definition) is 5. The summed E-state index contributed by atoms with van der Waals surface area (Å²) in [7, 11) is 2.74. The molecule has 3 aromatic carbocycles. The number of methoxy groups -OCH3 is 2. The molecule has 3 rings (SSSR count). The second-order valence-electron chi connectivity index (χ2n) is 7.73. The number of alkyl halides is 3. The van der Waals surface area contributed by atoms with Gasteiger partial charge in [-0.3, -0.25) is 0 Å². The zero-order valence-electron chi connectivity index (χ0n) is 19.2. The largest absolute Gasteiger partial charge is 0.504 e. The molecule has 0 aliphatic rings. The van der Waals surface area contributed by atoms with E-state index in [1.54, 1.807) is 18.2 Å². The van der Waals surface area contributed by atoms with Crippen molar-refractivity contribution in [3.8, 4) is 51.0 Å². The van der Waals surface area contributed by atoms with Crippen LogP contribution < -0.4 is 14.2 Å². The standard InChI is InChI=1S/C26H25F3O5/c1-15(2)11-12-34-21-10-7-17(13-20(21)30)23-22(32-3)14-19(25(33-4)24(23)31)16-5-8-18(9-6-16)26(27,28)29/h5-11,13-14,30-31H,12H2,1-4H3. The normalized spacial score (nSPS) is 11.1. The first-order valence-electron chi connectivity index (χ1n) is 10.3. The summed E-state index contributed by atoms with van der Waals surface area (Å²) in [5.41, 5.74) is 1.72. The molecule has 8 heteroatoms. The third-order valence-corrected chi connectivity index (χ3v) is 5.14. The fourth-order valence-corrected chi connectivity index (χ4v) is 3.42. The Morgan fingerprint density at radius 3 is 2.06 bits per heavy atom. The number of ether oxygens (including phenoxy) is 3. The van der Waals surface area contributed by atoms with E-state index in [-0.39, 0.29) is 34.3 Å². The van der Waals surface area contributed by atoms with Gasteiger partial charge < -0.3 is 24.4 Å². The van der Waals surface area contributed by atoms with Gasteiger partial charge in [0, 0.05) is 5.56 Å². The topological polar surface area (TPSA) is 68.2 Å². The van der Waals surface area contributed by atoms with Gasteiger partial charge in [0.25, 0.3) is 0 Å². The van der Waals surface area contributed by atoms with Crippen LogP contribution in [0.15, 0.2) is 60.2 Å². The number of allylic oxidation sites excluding steroid dienone is 1. The van der Waals surface area contributed by atoms with Crippen molar-refractivity contribution in [3.63, 3.8) is 0 Å². The van der Waals surface area contributed by atoms with Crippen molar-refractivity contribution in [1.29, 1.82) is 0 Å². The van der Waals surface area contributed by atoms with Crippen LogP contribution in [0.4, 0.5) is 13.2 Å². The lowest BCUT2D eigenvalue weighted by Gasteiger charge is -2.19. The van der Waals surface area contributed by atoms with Gasteiger partial charge in [0.2, 0.25) is 0 Å². The summed E-state index contributed by atoms with van der Waals surface area (Å²) in [6, 6.07) is 10.7. The fourth-order valence-electron chi connectivity index (χ4n) is 3.42. The summed E-state index contributed by atoms with van der Waals surface area (Å²) < 4.78 is 55.2. The Labute approximate surface area is 195 Å². The molecule has 0 amide bonds. The number of halogens is 3. The van der Waals surface area contributed by atoms with Crippen LogP contribution in [0.1, 0.15) is 19.4 Å². The molecule has 0 heterocycles. The first-order valence-corrected chi connectivity index (χ1v) is 10.3. The average Bonchev–Trinajstić information content (AvgIpc) is 2.78. The molecule has 0 aliphatic heterocycles. The molecule has 34 heavy (non-hydrogen) atoms. The molecular formula is C26H25F3O5. The summed E-state index contributed by atoms with van der Waals surface area (Å²) in [6.07, 6.45) is -2.59. The smallest absolute Gasteiger partial charge is 0.416 e. The second-order valence-corrected chi connectivity index (χ2v) is 7.73. The molecule has 0 radical (unpaired) electrons. The van der Waals surface area contributed by atoms with Gasteiger partial charge in [-0.1, -0.05) is 23.8 Å². The van der Waals surface area contributed by atoms with Crippen molar-refractivity contribution in [1.82, 2.24) is 0 Å². The molecule has 0 spiro atoms. The van der Waals surface area contributed by atoms with Crippen LogP contribution in [-0.4, -0.2) is 31.0 Å². The van der Waals surface area contributed by atoms with Gasteiger partial charge >= 0.3 is 6.18 Å². The van der Waals surface area contributed by atoms with Crippen LogP contribution in [0.2, 0.25) is 0 Å². The molecule has 0 atom stereocenters. The lowest BCUT2D eigenvalue weighted by atomic mass is 9.95. The second kappa shape index (κ2) is 9.99. The van der Waals surface area contributed by atoms with Crippen molar-refractivity contribution in [2.75, 3.05) is 20.8 Å². The van der Waals surface area contributed by atoms with Crippen LogP contribution in [0, 0.1) is 0 Å². The van der Waals surface area contributed by atoms with Gasteiger partial charge in [-0.15, -0.1) is 0 Å². The van der Waals surface area contributed by atoms with Gasteiger partial charge in [-0.25, -0.2) is 0 Å². The maximum Gasteiger partial charge on any atom is 0.416 e. The van der Waals surface area contributed by atoms with Crippen molar-refractivity contribution in [2.45, 2.75) is 20.0 Å². The van der Waals surface area contributed by atoms with E-state index in [2.05, 4.69) is 0 Å². The molecule has 0 aliphatic carbocycles. The van der Waals surface area contributed by atoms with E-state index in [9.17, 15) is 23.4 Å². The monoisotopic (exact) mass is 474 g/mol. The maximum atomic E-state index is 12.9. The Morgan fingerprint density at radius 2 is 1.53 bits per heavy atom. The summed E-state index contributed by atoms with van der Waals surface area (Å²) >= 11 is 0. The minimum absolute atomic E-state index is 0.0546. The number of hydrogen-bond donors (Lipinski definition) is 2. The molecule has 0 bridgehead atoms. The number of phenolic OH excluding ortho intramolecular Hbond substituents is 2. The molecule has 180 valence electrons. The Hall–Kier alpha value is -3.81. The van der Waals surface area contributed by atoms with Crippen molar-refractivity contribution < 1.29 is 37.6 Å². The van der Waals surface area contributed by atoms with E-state index >= 15 is 0 Å². The SMILES string of the molecule is COc1cc(-c2ccc(C(F)(F)F)cc2)c(OC)c(O)c1-c1ccc(OCC=C(C)C)c(O)c1. The van der Waals surface area contributed by atoms with Gasteiger partial charge in [0.05, 0.1) is 25.3 Å². The van der Waals surface area contributed by atoms with Crippen LogP contribution in [0.3, 0.4) is 0 Å². The summed E-state index contributed by atoms with van der Waals surface area (Å²) in [5.74, 6) is 0.152. The van der Waals surface area contributed by atoms with E-state index in [4.69, 9.17) is 14.2 Å². The van der Waals surface area contributed by atoms with E-state index in [1.807, 2.05) is 19.9 Å². The number of aromatic hydroxyl groups is 2. The zero-order valence-corrected chi connectivity index (χ0v) is 19.2. The van der Waals surface area contributed by atoms with Crippen molar-refractivity contribution in [2.24, 2.45) is 0 Å². The van der Waals surface area contributed by atoms with Gasteiger partial charge in [-0.05, 0) is 61.4 Å². The van der Waals surface area contributed by atoms with Crippen LogP contribution >= 0.6 is 0 Å². The number of phenols is 2. The highest BCUT2D eigenvalue weighted by molar-refractivity contribution is 5.88. The fraction of sp³-hybridized carbons (Fsp3) is 0.231. The Morgan fingerprint density at radius 1 is 0.882 bits per heavy atom. The molecule has 2 N–H and O–H groups in total. The Bertz CT molecular complexity index is 1190. The molecule has 0 aromatic heterocycles. The Kier molecular flexibility index (Phi) is 7.29. The van der Waals surface area contributed by atoms with Crippen molar-refractivity contribution in [3.05, 3.63) is 65.7 Å². The third-order valence-electron chi connectivity index (χ3n) is 5.14. The molecule has 5 nitrogen and oxygen atoms in total. The minimum Gasteiger partial charge on any atom is -0.504 e. The van der Waals surface area contributed by atoms with Gasteiger partial charge in [-0.2, -0.15) is 13.2 Å². The molecule has 0 saturated carbocycles. The highest BCUT2D eigenvalue weighted by Crippen LogP contribution is 2.50. The molecule has 0 unspecified atom stereocenters. The van der Waals surface area contributed by atoms with E-state index in [0.29, 0.717) is 23.3 Å². The summed E-state index contributed by atoms with van der Waals surface area (Å²) in [6.45, 7) is 4.16. The van der Waals surface area contributed by atoms with Crippen LogP contribution in [0.25, 0.3) is 22.3 Å². The molecule has 3 aromatic rings. The minimum atomic E-state index is -4.46. The first-order chi connectivity index (χ1) is 16.1. The summed E-state index contributed by atoms with van der Waals surface area (Å²) in [4.78, 5) is 0. The predicted molar refractivity (Wildman–Crippen MR) is 124 cm³/mol. The molecule has 0 saturated heterocycles. The molecule has 0 fully saturated rings. The quantitative estimate of drug-likeness (QED) is 0.368. The van der Waals surface area contributed by atoms with Gasteiger partial charge in [0.1, 0.15) is 12.4 Å². The van der Waals surface area contributed by atoms with Gasteiger partial charge in [0.15, 0.2) is 23.0 Å². The molecular weight excluding hydrogens is 449 g/mol. The Balaban J connectivity index is 2.07. The number of rotatable bonds is 7. The van der Waals surface area contributed by atoms with Crippen LogP contribution in [-0.2, 0) is 6.18 Å². The van der Waals surface area contributed by atoms with E-state index in [1.165, 1.54) is 32.4 Å². The van der Waals surface area contributed by atoms with E-state index in [0.717, 1.165) is 17.7 Å². The highest BCUT2D eigenvalue weighted by atomic mass is 19.4. The lowest BCUT2D eigenvalue weighted by Crippen LogP contribution is -2.04. The van der Waals surface area contributed by atoms with Crippen molar-refractivity contribution >= 4 is 0 Å². The third kappa shape index (κ3) is 5.22. The predicted octanol–water partition coefficient (Wildman–Crippen LogP) is 6.81. The van der Waals surface area contributed by atoms with Crippen LogP contribution in [0.5, 0.6) is 28.7 Å². The number of benzene rings is 3. The lowest BCUT2D eigenvalue weighted by molar-refractivity contribution is -0.137.